The lowest BCUT2D eigenvalue weighted by Crippen LogP contribution is -1.91. The van der Waals surface area contributed by atoms with Gasteiger partial charge in [0.25, 0.3) is 0 Å². The molecule has 0 aliphatic heterocycles. The summed E-state index contributed by atoms with van der Waals surface area (Å²) < 4.78 is 6.99. The van der Waals surface area contributed by atoms with E-state index in [2.05, 4.69) is 4.98 Å². The van der Waals surface area contributed by atoms with Crippen LogP contribution in [0.4, 0.5) is 0 Å². The molecule has 4 nitrogen and oxygen atoms in total. The molecule has 0 bridgehead atoms. The second kappa shape index (κ2) is 5.20. The van der Waals surface area contributed by atoms with Gasteiger partial charge in [0.1, 0.15) is 11.8 Å². The van der Waals surface area contributed by atoms with Crippen molar-refractivity contribution >= 4 is 23.4 Å². The number of phenols is 1. The first-order valence-corrected chi connectivity index (χ1v) is 5.59. The smallest absolute Gasteiger partial charge is 0.186 e. The van der Waals surface area contributed by atoms with Gasteiger partial charge < -0.3 is 9.84 Å². The molecular formula is C14H13ClN2O2. The summed E-state index contributed by atoms with van der Waals surface area (Å²) in [7, 11) is 1.52. The van der Waals surface area contributed by atoms with Crippen molar-refractivity contribution < 1.29 is 9.84 Å². The van der Waals surface area contributed by atoms with Gasteiger partial charge in [0.2, 0.25) is 0 Å². The zero-order valence-corrected chi connectivity index (χ0v) is 11.1. The molecule has 0 aliphatic carbocycles. The molecule has 0 spiro atoms. The number of para-hydroxylation sites is 1. The number of nitrogens with zero attached hydrogens (tertiary/aromatic N) is 2. The van der Waals surface area contributed by atoms with E-state index in [-0.39, 0.29) is 18.2 Å². The van der Waals surface area contributed by atoms with Crippen LogP contribution in [-0.4, -0.2) is 21.8 Å². The molecule has 0 unspecified atom stereocenters. The van der Waals surface area contributed by atoms with E-state index in [1.54, 1.807) is 12.4 Å². The molecule has 98 valence electrons. The molecule has 1 aromatic heterocycles. The Labute approximate surface area is 116 Å². The maximum Gasteiger partial charge on any atom is 0.186 e. The van der Waals surface area contributed by atoms with E-state index in [1.165, 1.54) is 7.11 Å². The van der Waals surface area contributed by atoms with Crippen molar-refractivity contribution in [1.29, 1.82) is 0 Å². The normalized spacial score (nSPS) is 10.2. The molecular weight excluding hydrogens is 264 g/mol. The molecule has 1 N–H and O–H groups in total. The lowest BCUT2D eigenvalue weighted by Gasteiger charge is -2.06. The number of hydrogen-bond acceptors (Lipinski definition) is 3. The number of aromatic nitrogens is 2. The summed E-state index contributed by atoms with van der Waals surface area (Å²) in [4.78, 5) is 4.24. The molecule has 0 fully saturated rings. The minimum atomic E-state index is 0. The zero-order valence-electron chi connectivity index (χ0n) is 10.3. The van der Waals surface area contributed by atoms with E-state index in [1.807, 2.05) is 41.0 Å². The van der Waals surface area contributed by atoms with Crippen molar-refractivity contribution in [3.8, 4) is 17.2 Å². The summed E-state index contributed by atoms with van der Waals surface area (Å²) >= 11 is 0. The van der Waals surface area contributed by atoms with Crippen molar-refractivity contribution in [1.82, 2.24) is 9.55 Å². The molecule has 5 heteroatoms. The van der Waals surface area contributed by atoms with Crippen LogP contribution in [0.2, 0.25) is 0 Å². The molecule has 0 amide bonds. The minimum absolute atomic E-state index is 0. The third-order valence-electron chi connectivity index (χ3n) is 2.91. The Hall–Kier alpha value is -2.20. The summed E-state index contributed by atoms with van der Waals surface area (Å²) in [6.45, 7) is 0. The van der Waals surface area contributed by atoms with Crippen LogP contribution in [0.5, 0.6) is 11.5 Å². The Morgan fingerprint density at radius 1 is 1.11 bits per heavy atom. The van der Waals surface area contributed by atoms with E-state index in [0.717, 1.165) is 11.2 Å². The molecule has 0 saturated carbocycles. The summed E-state index contributed by atoms with van der Waals surface area (Å²) in [5.74, 6) is 0.505. The standard InChI is InChI=1S/C14H12N2O2.ClH/c1-18-12-8-7-11-13(14(12)17)15-9-16(11)10-5-3-2-4-6-10;/h2-9,17H,1H3;1H. The van der Waals surface area contributed by atoms with Gasteiger partial charge in [0.15, 0.2) is 11.5 Å². The predicted molar refractivity (Wildman–Crippen MR) is 76.5 cm³/mol. The summed E-state index contributed by atoms with van der Waals surface area (Å²) in [6, 6.07) is 13.5. The Morgan fingerprint density at radius 2 is 1.84 bits per heavy atom. The lowest BCUT2D eigenvalue weighted by molar-refractivity contribution is 0.376. The number of ether oxygens (including phenoxy) is 1. The van der Waals surface area contributed by atoms with Gasteiger partial charge in [-0.3, -0.25) is 4.57 Å². The van der Waals surface area contributed by atoms with Crippen LogP contribution in [0.1, 0.15) is 0 Å². The van der Waals surface area contributed by atoms with Crippen molar-refractivity contribution in [2.24, 2.45) is 0 Å². The third kappa shape index (κ3) is 2.11. The summed E-state index contributed by atoms with van der Waals surface area (Å²) in [5, 5.41) is 10.0. The molecule has 1 heterocycles. The highest BCUT2D eigenvalue weighted by molar-refractivity contribution is 5.86. The van der Waals surface area contributed by atoms with Crippen LogP contribution in [-0.2, 0) is 0 Å². The fourth-order valence-corrected chi connectivity index (χ4v) is 2.01. The highest BCUT2D eigenvalue weighted by Gasteiger charge is 2.12. The number of phenolic OH excluding ortho intramolecular Hbond substituents is 1. The van der Waals surface area contributed by atoms with Crippen LogP contribution < -0.4 is 4.74 Å². The molecule has 0 radical (unpaired) electrons. The van der Waals surface area contributed by atoms with Crippen molar-refractivity contribution in [3.05, 3.63) is 48.8 Å². The third-order valence-corrected chi connectivity index (χ3v) is 2.91. The van der Waals surface area contributed by atoms with E-state index < -0.39 is 0 Å². The predicted octanol–water partition coefficient (Wildman–Crippen LogP) is 3.16. The first-order chi connectivity index (χ1) is 8.81. The maximum absolute atomic E-state index is 10.0. The first kappa shape index (κ1) is 13.2. The van der Waals surface area contributed by atoms with Crippen molar-refractivity contribution in [2.45, 2.75) is 0 Å². The number of methoxy groups -OCH3 is 1. The van der Waals surface area contributed by atoms with E-state index in [0.29, 0.717) is 11.3 Å². The van der Waals surface area contributed by atoms with Gasteiger partial charge in [-0.05, 0) is 24.3 Å². The average Bonchev–Trinajstić information content (AvgIpc) is 2.85. The van der Waals surface area contributed by atoms with Crippen LogP contribution >= 0.6 is 12.4 Å². The zero-order chi connectivity index (χ0) is 12.5. The van der Waals surface area contributed by atoms with E-state index in [9.17, 15) is 5.11 Å². The number of hydrogen-bond donors (Lipinski definition) is 1. The molecule has 19 heavy (non-hydrogen) atoms. The first-order valence-electron chi connectivity index (χ1n) is 5.59. The number of rotatable bonds is 2. The van der Waals surface area contributed by atoms with Gasteiger partial charge in [0.05, 0.1) is 12.6 Å². The average molecular weight is 277 g/mol. The van der Waals surface area contributed by atoms with Gasteiger partial charge in [-0.2, -0.15) is 0 Å². The second-order valence-electron chi connectivity index (χ2n) is 3.93. The number of benzene rings is 2. The number of fused-ring (bicyclic) bond motifs is 1. The molecule has 0 atom stereocenters. The maximum atomic E-state index is 10.0. The Morgan fingerprint density at radius 3 is 2.53 bits per heavy atom. The fourth-order valence-electron chi connectivity index (χ4n) is 2.01. The van der Waals surface area contributed by atoms with Crippen LogP contribution in [0.3, 0.4) is 0 Å². The quantitative estimate of drug-likeness (QED) is 0.782. The summed E-state index contributed by atoms with van der Waals surface area (Å²) in [5.41, 5.74) is 2.39. The molecule has 0 aliphatic rings. The minimum Gasteiger partial charge on any atom is -0.503 e. The number of imidazole rings is 1. The van der Waals surface area contributed by atoms with Gasteiger partial charge in [-0.15, -0.1) is 12.4 Å². The highest BCUT2D eigenvalue weighted by atomic mass is 35.5. The van der Waals surface area contributed by atoms with Crippen LogP contribution in [0.25, 0.3) is 16.7 Å². The lowest BCUT2D eigenvalue weighted by atomic mass is 10.2. The van der Waals surface area contributed by atoms with Crippen LogP contribution in [0, 0.1) is 0 Å². The van der Waals surface area contributed by atoms with E-state index in [4.69, 9.17) is 4.74 Å². The van der Waals surface area contributed by atoms with E-state index >= 15 is 0 Å². The summed E-state index contributed by atoms with van der Waals surface area (Å²) in [6.07, 6.45) is 1.69. The number of halogens is 1. The highest BCUT2D eigenvalue weighted by Crippen LogP contribution is 2.33. The fraction of sp³-hybridized carbons (Fsp3) is 0.0714. The Kier molecular flexibility index (Phi) is 3.62. The van der Waals surface area contributed by atoms with Gasteiger partial charge in [0, 0.05) is 5.69 Å². The van der Waals surface area contributed by atoms with Crippen molar-refractivity contribution in [2.75, 3.05) is 7.11 Å². The Balaban J connectivity index is 0.00000133. The molecule has 3 aromatic rings. The Bertz CT molecular complexity index is 695. The monoisotopic (exact) mass is 276 g/mol. The van der Waals surface area contributed by atoms with Gasteiger partial charge in [-0.1, -0.05) is 18.2 Å². The molecule has 0 saturated heterocycles. The molecule has 2 aromatic carbocycles. The van der Waals surface area contributed by atoms with Gasteiger partial charge in [-0.25, -0.2) is 4.98 Å². The van der Waals surface area contributed by atoms with Gasteiger partial charge >= 0.3 is 0 Å². The molecule has 3 rings (SSSR count). The second-order valence-corrected chi connectivity index (χ2v) is 3.93. The largest absolute Gasteiger partial charge is 0.503 e. The number of aromatic hydroxyl groups is 1. The topological polar surface area (TPSA) is 47.3 Å². The van der Waals surface area contributed by atoms with Crippen LogP contribution in [0.15, 0.2) is 48.8 Å². The van der Waals surface area contributed by atoms with Crippen molar-refractivity contribution in [3.63, 3.8) is 0 Å². The SMILES string of the molecule is COc1ccc2c(ncn2-c2ccccc2)c1O.Cl.